The summed E-state index contributed by atoms with van der Waals surface area (Å²) in [4.78, 5) is 71.4. The number of nitrogens with two attached hydrogens (primary N) is 1. The number of amides is 4. The molecule has 0 aliphatic rings. The Balaban J connectivity index is 1.45. The molecule has 296 valence electrons. The fraction of sp³-hybridized carbons (Fsp3) is 0.372. The molecule has 1 aromatic heterocycles. The van der Waals surface area contributed by atoms with Crippen molar-refractivity contribution in [2.24, 2.45) is 5.73 Å². The van der Waals surface area contributed by atoms with Crippen molar-refractivity contribution in [1.82, 2.24) is 25.9 Å². The van der Waals surface area contributed by atoms with Crippen molar-refractivity contribution >= 4 is 29.6 Å². The predicted molar refractivity (Wildman–Crippen MR) is 214 cm³/mol. The van der Waals surface area contributed by atoms with E-state index in [0.29, 0.717) is 23.6 Å². The molecule has 0 spiro atoms. The van der Waals surface area contributed by atoms with Crippen LogP contribution in [0.25, 0.3) is 22.5 Å². The van der Waals surface area contributed by atoms with E-state index < -0.39 is 54.6 Å². The quantitative estimate of drug-likeness (QED) is 0.0735. The van der Waals surface area contributed by atoms with Crippen molar-refractivity contribution in [2.45, 2.75) is 90.1 Å². The Morgan fingerprint density at radius 1 is 0.768 bits per heavy atom. The molecule has 0 unspecified atom stereocenters. The van der Waals surface area contributed by atoms with Gasteiger partial charge < -0.3 is 31.5 Å². The number of nitrogens with one attached hydrogen (secondary N) is 3. The van der Waals surface area contributed by atoms with Crippen LogP contribution in [0.3, 0.4) is 0 Å². The van der Waals surface area contributed by atoms with Gasteiger partial charge in [-0.05, 0) is 52.8 Å². The Morgan fingerprint density at radius 2 is 1.39 bits per heavy atom. The molecule has 3 aromatic carbocycles. The molecule has 0 fully saturated rings. The van der Waals surface area contributed by atoms with E-state index in [1.807, 2.05) is 36.4 Å². The average Bonchev–Trinajstić information content (AvgIpc) is 3.18. The Kier molecular flexibility index (Phi) is 15.6. The van der Waals surface area contributed by atoms with Gasteiger partial charge in [0.15, 0.2) is 5.82 Å². The number of carboxylic acids is 1. The minimum Gasteiger partial charge on any atom is -0.494 e. The minimum atomic E-state index is -1.64. The van der Waals surface area contributed by atoms with Gasteiger partial charge >= 0.3 is 5.97 Å². The van der Waals surface area contributed by atoms with Crippen molar-refractivity contribution in [1.29, 1.82) is 0 Å². The lowest BCUT2D eigenvalue weighted by molar-refractivity contribution is -0.143. The van der Waals surface area contributed by atoms with Gasteiger partial charge in [-0.3, -0.25) is 19.2 Å². The van der Waals surface area contributed by atoms with Gasteiger partial charge in [-0.15, -0.1) is 0 Å². The van der Waals surface area contributed by atoms with Crippen molar-refractivity contribution in [3.8, 4) is 28.3 Å². The maximum absolute atomic E-state index is 13.6. The third kappa shape index (κ3) is 13.3. The number of aromatic nitrogens is 2. The smallest absolute Gasteiger partial charge is 0.326 e. The zero-order valence-electron chi connectivity index (χ0n) is 32.5. The van der Waals surface area contributed by atoms with Crippen LogP contribution in [-0.4, -0.2) is 69.9 Å². The molecule has 0 aliphatic heterocycles. The van der Waals surface area contributed by atoms with Gasteiger partial charge in [0.25, 0.3) is 5.91 Å². The molecule has 0 bridgehead atoms. The molecule has 56 heavy (non-hydrogen) atoms. The van der Waals surface area contributed by atoms with Crippen LogP contribution in [0.15, 0.2) is 85.2 Å². The maximum atomic E-state index is 13.6. The zero-order valence-corrected chi connectivity index (χ0v) is 32.5. The predicted octanol–water partition coefficient (Wildman–Crippen LogP) is 5.36. The lowest BCUT2D eigenvalue weighted by atomic mass is 9.86. The molecule has 6 N–H and O–H groups in total. The third-order valence-corrected chi connectivity index (χ3v) is 9.11. The van der Waals surface area contributed by atoms with Crippen LogP contribution >= 0.6 is 0 Å². The highest BCUT2D eigenvalue weighted by atomic mass is 16.5. The van der Waals surface area contributed by atoms with Crippen LogP contribution in [0.2, 0.25) is 0 Å². The largest absolute Gasteiger partial charge is 0.494 e. The Bertz CT molecular complexity index is 1920. The monoisotopic (exact) mass is 764 g/mol. The van der Waals surface area contributed by atoms with Crippen LogP contribution in [0.5, 0.6) is 5.75 Å². The van der Waals surface area contributed by atoms with E-state index in [1.54, 1.807) is 48.8 Å². The van der Waals surface area contributed by atoms with E-state index in [4.69, 9.17) is 10.5 Å². The summed E-state index contributed by atoms with van der Waals surface area (Å²) in [5.74, 6) is -3.12. The highest BCUT2D eigenvalue weighted by Gasteiger charge is 2.29. The number of rotatable bonds is 20. The van der Waals surface area contributed by atoms with E-state index in [9.17, 15) is 29.1 Å². The normalized spacial score (nSPS) is 12.2. The molecule has 1 heterocycles. The summed E-state index contributed by atoms with van der Waals surface area (Å²) in [6.45, 7) is 8.56. The van der Waals surface area contributed by atoms with Crippen LogP contribution in [-0.2, 0) is 31.0 Å². The summed E-state index contributed by atoms with van der Waals surface area (Å²) in [7, 11) is 0. The first-order chi connectivity index (χ1) is 26.7. The maximum Gasteiger partial charge on any atom is 0.326 e. The molecule has 0 saturated carbocycles. The summed E-state index contributed by atoms with van der Waals surface area (Å²) in [6.07, 6.45) is 8.74. The molecule has 4 aromatic rings. The van der Waals surface area contributed by atoms with E-state index in [1.165, 1.54) is 25.7 Å². The molecule has 4 amide bonds. The number of benzene rings is 3. The Morgan fingerprint density at radius 3 is 1.98 bits per heavy atom. The van der Waals surface area contributed by atoms with Crippen LogP contribution in [0, 0.1) is 0 Å². The van der Waals surface area contributed by atoms with Crippen LogP contribution in [0.4, 0.5) is 0 Å². The summed E-state index contributed by atoms with van der Waals surface area (Å²) >= 11 is 0. The number of carboxylic acid groups (broad SMARTS) is 1. The summed E-state index contributed by atoms with van der Waals surface area (Å²) < 4.78 is 5.88. The summed E-state index contributed by atoms with van der Waals surface area (Å²) in [5, 5.41) is 17.1. The summed E-state index contributed by atoms with van der Waals surface area (Å²) in [6, 6.07) is 19.1. The lowest BCUT2D eigenvalue weighted by Crippen LogP contribution is -2.53. The third-order valence-electron chi connectivity index (χ3n) is 9.11. The topological polar surface area (TPSA) is 203 Å². The van der Waals surface area contributed by atoms with E-state index in [0.717, 1.165) is 34.4 Å². The second-order valence-corrected chi connectivity index (χ2v) is 14.7. The van der Waals surface area contributed by atoms with E-state index >= 15 is 0 Å². The van der Waals surface area contributed by atoms with Gasteiger partial charge in [0, 0.05) is 35.5 Å². The standard InChI is InChI=1S/C43H52N6O7/c1-5-6-7-8-9-22-56-34-20-16-29(17-21-34)32-25-46-39(47-26-32)30-12-10-28(11-13-30)23-35(48-40(52)31-14-18-33(19-15-31)43(2,3)4)41(53)49-36(42(54)55)24-38(51)45-27-37(44)50/h10-21,25-26,35-36H,5-9,22-24,27H2,1-4H3,(H2,44,50)(H,45,51)(H,48,52)(H,49,53)(H,54,55)/t35-,36-/m0/s1. The molecule has 4 rings (SSSR count). The molecular formula is C43H52N6O7. The number of primary amides is 1. The fourth-order valence-corrected chi connectivity index (χ4v) is 5.78. The lowest BCUT2D eigenvalue weighted by Gasteiger charge is -2.22. The molecule has 0 saturated heterocycles. The number of hydrogen-bond donors (Lipinski definition) is 5. The van der Waals surface area contributed by atoms with E-state index in [-0.39, 0.29) is 11.8 Å². The number of ether oxygens (including phenoxy) is 1. The second kappa shape index (κ2) is 20.5. The van der Waals surface area contributed by atoms with Gasteiger partial charge in [-0.1, -0.05) is 102 Å². The van der Waals surface area contributed by atoms with Crippen molar-refractivity contribution in [3.05, 3.63) is 102 Å². The first kappa shape index (κ1) is 42.6. The zero-order chi connectivity index (χ0) is 40.7. The van der Waals surface area contributed by atoms with E-state index in [2.05, 4.69) is 53.6 Å². The SMILES string of the molecule is CCCCCCCOc1ccc(-c2cnc(-c3ccc(C[C@H](NC(=O)c4ccc(C(C)(C)C)cc4)C(=O)N[C@@H](CC(=O)NCC(N)=O)C(=O)O)cc3)nc2)cc1. The first-order valence-corrected chi connectivity index (χ1v) is 18.9. The molecular weight excluding hydrogens is 713 g/mol. The number of carbonyl (C=O) groups excluding carboxylic acids is 4. The van der Waals surface area contributed by atoms with Gasteiger partial charge in [0.2, 0.25) is 17.7 Å². The molecule has 2 atom stereocenters. The van der Waals surface area contributed by atoms with Gasteiger partial charge in [0.1, 0.15) is 17.8 Å². The van der Waals surface area contributed by atoms with Crippen molar-refractivity contribution < 1.29 is 33.8 Å². The van der Waals surface area contributed by atoms with Crippen LogP contribution in [0.1, 0.15) is 87.7 Å². The number of aliphatic carboxylic acids is 1. The highest BCUT2D eigenvalue weighted by molar-refractivity contribution is 5.98. The van der Waals surface area contributed by atoms with Crippen molar-refractivity contribution in [2.75, 3.05) is 13.2 Å². The fourth-order valence-electron chi connectivity index (χ4n) is 5.78. The molecule has 0 aliphatic carbocycles. The molecule has 0 radical (unpaired) electrons. The van der Waals surface area contributed by atoms with Gasteiger partial charge in [-0.2, -0.15) is 0 Å². The van der Waals surface area contributed by atoms with Crippen molar-refractivity contribution in [3.63, 3.8) is 0 Å². The summed E-state index contributed by atoms with van der Waals surface area (Å²) in [5.41, 5.74) is 9.42. The number of unbranched alkanes of at least 4 members (excludes halogenated alkanes) is 4. The number of carbonyl (C=O) groups is 5. The number of nitrogens with zero attached hydrogens (tertiary/aromatic N) is 2. The van der Waals surface area contributed by atoms with Gasteiger partial charge in [-0.25, -0.2) is 14.8 Å². The Hall–Kier alpha value is -6.11. The Labute approximate surface area is 327 Å². The molecule has 13 nitrogen and oxygen atoms in total. The average molecular weight is 765 g/mol. The highest BCUT2D eigenvalue weighted by Crippen LogP contribution is 2.25. The first-order valence-electron chi connectivity index (χ1n) is 18.9. The second-order valence-electron chi connectivity index (χ2n) is 14.7. The van der Waals surface area contributed by atoms with Crippen LogP contribution < -0.4 is 26.4 Å². The molecule has 13 heteroatoms. The van der Waals surface area contributed by atoms with Gasteiger partial charge in [0.05, 0.1) is 19.6 Å². The minimum absolute atomic E-state index is 0.00347. The number of hydrogen-bond acceptors (Lipinski definition) is 8.